The second-order valence-corrected chi connectivity index (χ2v) is 1.83. The summed E-state index contributed by atoms with van der Waals surface area (Å²) in [6.45, 7) is 0.227. The first-order chi connectivity index (χ1) is 5.33. The van der Waals surface area contributed by atoms with Crippen LogP contribution in [0.2, 0.25) is 0 Å². The summed E-state index contributed by atoms with van der Waals surface area (Å²) in [7, 11) is 0. The zero-order chi connectivity index (χ0) is 8.10. The number of hydrogen-bond donors (Lipinski definition) is 2. The molecule has 0 unspecified atom stereocenters. The Morgan fingerprint density at radius 1 is 1.82 bits per heavy atom. The highest BCUT2D eigenvalue weighted by Gasteiger charge is 1.99. The van der Waals surface area contributed by atoms with Gasteiger partial charge in [-0.05, 0) is 0 Å². The highest BCUT2D eigenvalue weighted by atomic mass is 16.5. The van der Waals surface area contributed by atoms with E-state index in [0.717, 1.165) is 0 Å². The summed E-state index contributed by atoms with van der Waals surface area (Å²) >= 11 is 0. The summed E-state index contributed by atoms with van der Waals surface area (Å²) in [5, 5.41) is 5.97. The third kappa shape index (κ3) is 2.34. The van der Waals surface area contributed by atoms with Crippen molar-refractivity contribution in [2.24, 2.45) is 5.73 Å². The molecule has 1 amide bonds. The zero-order valence-corrected chi connectivity index (χ0v) is 5.78. The maximum absolute atomic E-state index is 10.6. The average Bonchev–Trinajstić information content (AvgIpc) is 2.52. The van der Waals surface area contributed by atoms with E-state index < -0.39 is 0 Å². The van der Waals surface area contributed by atoms with Crippen molar-refractivity contribution in [3.8, 4) is 0 Å². The summed E-state index contributed by atoms with van der Waals surface area (Å²) in [5.74, 6) is 0.196. The Kier molecular flexibility index (Phi) is 2.56. The van der Waals surface area contributed by atoms with E-state index in [2.05, 4.69) is 20.0 Å². The minimum Gasteiger partial charge on any atom is -0.348 e. The van der Waals surface area contributed by atoms with Gasteiger partial charge in [-0.25, -0.2) is 0 Å². The van der Waals surface area contributed by atoms with Gasteiger partial charge in [-0.1, -0.05) is 5.16 Å². The minimum atomic E-state index is -0.241. The predicted molar refractivity (Wildman–Crippen MR) is 35.2 cm³/mol. The number of carbonyl (C=O) groups excluding carboxylic acids is 1. The topological polar surface area (TPSA) is 94.0 Å². The normalized spacial score (nSPS) is 9.55. The maximum atomic E-state index is 10.6. The molecule has 0 atom stereocenters. The second kappa shape index (κ2) is 3.67. The van der Waals surface area contributed by atoms with Gasteiger partial charge in [-0.3, -0.25) is 4.79 Å². The largest absolute Gasteiger partial charge is 0.348 e. The van der Waals surface area contributed by atoms with Crippen LogP contribution in [0, 0.1) is 0 Å². The van der Waals surface area contributed by atoms with Crippen molar-refractivity contribution in [2.75, 3.05) is 6.54 Å². The lowest BCUT2D eigenvalue weighted by Crippen LogP contribution is -2.30. The Labute approximate surface area is 62.8 Å². The maximum Gasteiger partial charge on any atom is 0.234 e. The smallest absolute Gasteiger partial charge is 0.234 e. The fourth-order valence-corrected chi connectivity index (χ4v) is 0.520. The lowest BCUT2D eigenvalue weighted by molar-refractivity contribution is -0.119. The highest BCUT2D eigenvalue weighted by Crippen LogP contribution is 1.85. The van der Waals surface area contributed by atoms with E-state index in [0.29, 0.717) is 5.82 Å². The van der Waals surface area contributed by atoms with E-state index in [9.17, 15) is 4.79 Å². The van der Waals surface area contributed by atoms with Crippen molar-refractivity contribution in [2.45, 2.75) is 6.54 Å². The highest BCUT2D eigenvalue weighted by molar-refractivity contribution is 5.77. The molecule has 6 heteroatoms. The second-order valence-electron chi connectivity index (χ2n) is 1.83. The fraction of sp³-hybridized carbons (Fsp3) is 0.400. The molecule has 1 aromatic heterocycles. The summed E-state index contributed by atoms with van der Waals surface area (Å²) in [4.78, 5) is 14.3. The molecule has 0 saturated heterocycles. The van der Waals surface area contributed by atoms with Crippen molar-refractivity contribution in [1.29, 1.82) is 0 Å². The van der Waals surface area contributed by atoms with Gasteiger partial charge >= 0.3 is 0 Å². The first kappa shape index (κ1) is 7.67. The lowest BCUT2D eigenvalue weighted by Gasteiger charge is -1.96. The van der Waals surface area contributed by atoms with Gasteiger partial charge in [-0.15, -0.1) is 0 Å². The third-order valence-corrected chi connectivity index (χ3v) is 1.04. The van der Waals surface area contributed by atoms with Crippen LogP contribution in [0.1, 0.15) is 5.82 Å². The van der Waals surface area contributed by atoms with Crippen molar-refractivity contribution in [3.63, 3.8) is 0 Å². The number of amides is 1. The Morgan fingerprint density at radius 2 is 2.64 bits per heavy atom. The molecule has 60 valence electrons. The summed E-state index contributed by atoms with van der Waals surface area (Å²) in [5.41, 5.74) is 5.04. The van der Waals surface area contributed by atoms with E-state index in [-0.39, 0.29) is 19.0 Å². The first-order valence-corrected chi connectivity index (χ1v) is 3.05. The number of hydrogen-bond acceptors (Lipinski definition) is 5. The monoisotopic (exact) mass is 156 g/mol. The Balaban J connectivity index is 2.29. The van der Waals surface area contributed by atoms with Gasteiger partial charge < -0.3 is 15.6 Å². The molecule has 0 aromatic carbocycles. The molecule has 6 nitrogen and oxygen atoms in total. The summed E-state index contributed by atoms with van der Waals surface area (Å²) in [6.07, 6.45) is 1.20. The van der Waals surface area contributed by atoms with E-state index in [1.165, 1.54) is 6.39 Å². The molecule has 1 aromatic rings. The predicted octanol–water partition coefficient (Wildman–Crippen LogP) is -1.36. The van der Waals surface area contributed by atoms with E-state index in [1.807, 2.05) is 0 Å². The fourth-order valence-electron chi connectivity index (χ4n) is 0.520. The quantitative estimate of drug-likeness (QED) is 0.564. The summed E-state index contributed by atoms with van der Waals surface area (Å²) in [6, 6.07) is 0. The molecule has 1 heterocycles. The molecule has 11 heavy (non-hydrogen) atoms. The molecule has 0 aliphatic heterocycles. The Morgan fingerprint density at radius 3 is 3.18 bits per heavy atom. The molecular formula is C5H8N4O2. The molecular weight excluding hydrogens is 148 g/mol. The molecule has 0 aliphatic carbocycles. The average molecular weight is 156 g/mol. The molecule has 0 radical (unpaired) electrons. The van der Waals surface area contributed by atoms with Crippen LogP contribution >= 0.6 is 0 Å². The first-order valence-electron chi connectivity index (χ1n) is 3.05. The lowest BCUT2D eigenvalue weighted by atomic mass is 10.5. The molecule has 0 saturated carbocycles. The van der Waals surface area contributed by atoms with Crippen LogP contribution < -0.4 is 11.1 Å². The van der Waals surface area contributed by atoms with Crippen molar-refractivity contribution in [3.05, 3.63) is 12.2 Å². The van der Waals surface area contributed by atoms with Gasteiger partial charge in [0.1, 0.15) is 0 Å². The zero-order valence-electron chi connectivity index (χ0n) is 5.78. The number of nitrogens with one attached hydrogen (secondary N) is 1. The standard InChI is InChI=1S/C5H8N4O2/c6-1-5(10)7-2-4-8-3-11-9-4/h3H,1-2,6H2,(H,7,10). The van der Waals surface area contributed by atoms with Crippen molar-refractivity contribution >= 4 is 5.91 Å². The Hall–Kier alpha value is -1.43. The van der Waals surface area contributed by atoms with Crippen LogP contribution in [-0.2, 0) is 11.3 Å². The molecule has 0 bridgehead atoms. The molecule has 0 aliphatic rings. The van der Waals surface area contributed by atoms with Crippen LogP contribution in [-0.4, -0.2) is 22.6 Å². The SMILES string of the molecule is NCC(=O)NCc1ncon1. The van der Waals surface area contributed by atoms with Gasteiger partial charge in [0.25, 0.3) is 0 Å². The number of nitrogens with zero attached hydrogens (tertiary/aromatic N) is 2. The van der Waals surface area contributed by atoms with Crippen LogP contribution in [0.15, 0.2) is 10.9 Å². The van der Waals surface area contributed by atoms with Crippen LogP contribution in [0.5, 0.6) is 0 Å². The van der Waals surface area contributed by atoms with E-state index in [1.54, 1.807) is 0 Å². The van der Waals surface area contributed by atoms with Crippen LogP contribution in [0.4, 0.5) is 0 Å². The molecule has 1 rings (SSSR count). The van der Waals surface area contributed by atoms with E-state index >= 15 is 0 Å². The van der Waals surface area contributed by atoms with Gasteiger partial charge in [0.2, 0.25) is 12.3 Å². The summed E-state index contributed by atoms with van der Waals surface area (Å²) < 4.78 is 4.44. The van der Waals surface area contributed by atoms with Gasteiger partial charge in [0.15, 0.2) is 5.82 Å². The van der Waals surface area contributed by atoms with Gasteiger partial charge in [-0.2, -0.15) is 4.98 Å². The van der Waals surface area contributed by atoms with Crippen LogP contribution in [0.3, 0.4) is 0 Å². The molecule has 0 fully saturated rings. The number of nitrogens with two attached hydrogens (primary N) is 1. The minimum absolute atomic E-state index is 0.0299. The van der Waals surface area contributed by atoms with Crippen molar-refractivity contribution in [1.82, 2.24) is 15.5 Å². The van der Waals surface area contributed by atoms with Gasteiger partial charge in [0.05, 0.1) is 13.1 Å². The van der Waals surface area contributed by atoms with Gasteiger partial charge in [0, 0.05) is 0 Å². The van der Waals surface area contributed by atoms with Crippen molar-refractivity contribution < 1.29 is 9.32 Å². The van der Waals surface area contributed by atoms with E-state index in [4.69, 9.17) is 5.73 Å². The third-order valence-electron chi connectivity index (χ3n) is 1.04. The number of rotatable bonds is 3. The number of carbonyl (C=O) groups is 1. The Bertz CT molecular complexity index is 220. The number of aromatic nitrogens is 2. The molecule has 3 N–H and O–H groups in total. The molecule has 0 spiro atoms. The van der Waals surface area contributed by atoms with Crippen LogP contribution in [0.25, 0.3) is 0 Å².